The molecular formula is C9H14ClF3O2. The number of esters is 1. The van der Waals surface area contributed by atoms with E-state index in [0.29, 0.717) is 12.8 Å². The van der Waals surface area contributed by atoms with E-state index in [-0.39, 0.29) is 6.42 Å². The summed E-state index contributed by atoms with van der Waals surface area (Å²) in [6, 6.07) is 0. The number of ether oxygens (including phenoxy) is 1. The zero-order valence-electron chi connectivity index (χ0n) is 8.44. The van der Waals surface area contributed by atoms with Crippen molar-refractivity contribution in [2.45, 2.75) is 44.9 Å². The van der Waals surface area contributed by atoms with Crippen molar-refractivity contribution in [1.29, 1.82) is 0 Å². The molecule has 0 spiro atoms. The van der Waals surface area contributed by atoms with E-state index in [0.717, 1.165) is 6.42 Å². The second-order valence-electron chi connectivity index (χ2n) is 3.15. The number of hydrogen-bond acceptors (Lipinski definition) is 2. The zero-order chi connectivity index (χ0) is 11.9. The van der Waals surface area contributed by atoms with Crippen molar-refractivity contribution < 1.29 is 22.7 Å². The topological polar surface area (TPSA) is 26.3 Å². The highest BCUT2D eigenvalue weighted by Gasteiger charge is 2.42. The summed E-state index contributed by atoms with van der Waals surface area (Å²) in [6.45, 7) is 1.88. The molecule has 15 heavy (non-hydrogen) atoms. The second-order valence-corrected chi connectivity index (χ2v) is 3.42. The lowest BCUT2D eigenvalue weighted by atomic mass is 10.1. The number of alkyl halides is 4. The highest BCUT2D eigenvalue weighted by Crippen LogP contribution is 2.27. The quantitative estimate of drug-likeness (QED) is 0.408. The highest BCUT2D eigenvalue weighted by molar-refractivity contribution is 6.26. The first-order chi connectivity index (χ1) is 6.91. The van der Waals surface area contributed by atoms with E-state index < -0.39 is 24.1 Å². The first-order valence-corrected chi connectivity index (χ1v) is 5.27. The highest BCUT2D eigenvalue weighted by atomic mass is 35.5. The summed E-state index contributed by atoms with van der Waals surface area (Å²) in [7, 11) is 0. The van der Waals surface area contributed by atoms with E-state index >= 15 is 0 Å². The largest absolute Gasteiger partial charge is 0.452 e. The molecule has 0 rings (SSSR count). The molecule has 0 bridgehead atoms. The zero-order valence-corrected chi connectivity index (χ0v) is 9.20. The number of hydrogen-bond donors (Lipinski definition) is 0. The lowest BCUT2D eigenvalue weighted by Gasteiger charge is -2.19. The Kier molecular flexibility index (Phi) is 6.72. The molecule has 0 N–H and O–H groups in total. The van der Waals surface area contributed by atoms with Crippen molar-refractivity contribution >= 4 is 17.6 Å². The summed E-state index contributed by atoms with van der Waals surface area (Å²) in [4.78, 5) is 10.6. The van der Waals surface area contributed by atoms with E-state index in [1.54, 1.807) is 0 Å². The van der Waals surface area contributed by atoms with Crippen molar-refractivity contribution in [2.75, 3.05) is 5.88 Å². The first-order valence-electron chi connectivity index (χ1n) is 4.74. The van der Waals surface area contributed by atoms with Crippen LogP contribution in [0.15, 0.2) is 0 Å². The molecule has 0 aromatic heterocycles. The Morgan fingerprint density at radius 2 is 2.00 bits per heavy atom. The van der Waals surface area contributed by atoms with Crippen LogP contribution in [0.4, 0.5) is 13.2 Å². The molecule has 0 saturated carbocycles. The number of carbonyl (C=O) groups excluding carboxylic acids is 1. The van der Waals surface area contributed by atoms with Crippen LogP contribution in [0.5, 0.6) is 0 Å². The normalized spacial score (nSPS) is 13.7. The summed E-state index contributed by atoms with van der Waals surface area (Å²) in [6.07, 6.45) is -4.83. The van der Waals surface area contributed by atoms with Crippen LogP contribution in [0.25, 0.3) is 0 Å². The molecule has 0 aromatic rings. The van der Waals surface area contributed by atoms with Crippen molar-refractivity contribution in [3.63, 3.8) is 0 Å². The molecular weight excluding hydrogens is 233 g/mol. The van der Waals surface area contributed by atoms with Gasteiger partial charge in [-0.3, -0.25) is 4.79 Å². The standard InChI is InChI=1S/C9H14ClF3O2/c1-2-3-4-5-7(9(11,12)13)15-8(14)6-10/h7H,2-6H2,1H3/t7-/m0/s1. The molecule has 0 aliphatic heterocycles. The average molecular weight is 247 g/mol. The van der Waals surface area contributed by atoms with Crippen LogP contribution in [0.3, 0.4) is 0 Å². The van der Waals surface area contributed by atoms with Crippen LogP contribution in [0, 0.1) is 0 Å². The molecule has 0 unspecified atom stereocenters. The summed E-state index contributed by atoms with van der Waals surface area (Å²) in [5, 5.41) is 0. The van der Waals surface area contributed by atoms with Crippen molar-refractivity contribution in [3.05, 3.63) is 0 Å². The van der Waals surface area contributed by atoms with Crippen molar-refractivity contribution in [2.24, 2.45) is 0 Å². The van der Waals surface area contributed by atoms with Gasteiger partial charge in [0.15, 0.2) is 6.10 Å². The SMILES string of the molecule is CCCCC[C@H](OC(=O)CCl)C(F)(F)F. The number of carbonyl (C=O) groups is 1. The maximum atomic E-state index is 12.3. The van der Waals surface area contributed by atoms with E-state index in [1.165, 1.54) is 0 Å². The second kappa shape index (κ2) is 6.93. The Hall–Kier alpha value is -0.450. The molecule has 6 heteroatoms. The van der Waals surface area contributed by atoms with Crippen LogP contribution in [0.2, 0.25) is 0 Å². The Morgan fingerprint density at radius 1 is 1.40 bits per heavy atom. The summed E-state index contributed by atoms with van der Waals surface area (Å²) < 4.78 is 41.2. The molecule has 0 amide bonds. The minimum Gasteiger partial charge on any atom is -0.452 e. The predicted molar refractivity (Wildman–Crippen MR) is 50.8 cm³/mol. The Bertz CT molecular complexity index is 194. The molecule has 0 aliphatic rings. The van der Waals surface area contributed by atoms with E-state index in [4.69, 9.17) is 11.6 Å². The van der Waals surface area contributed by atoms with Gasteiger partial charge < -0.3 is 4.74 Å². The van der Waals surface area contributed by atoms with E-state index in [2.05, 4.69) is 4.74 Å². The molecule has 0 saturated heterocycles. The van der Waals surface area contributed by atoms with E-state index in [1.807, 2.05) is 6.92 Å². The Labute approximate surface area is 91.7 Å². The van der Waals surface area contributed by atoms with Gasteiger partial charge in [0.05, 0.1) is 0 Å². The van der Waals surface area contributed by atoms with Gasteiger partial charge in [0, 0.05) is 0 Å². The molecule has 1 atom stereocenters. The van der Waals surface area contributed by atoms with Gasteiger partial charge in [-0.1, -0.05) is 19.8 Å². The Balaban J connectivity index is 4.14. The minimum atomic E-state index is -4.50. The fourth-order valence-electron chi connectivity index (χ4n) is 1.06. The number of unbranched alkanes of at least 4 members (excludes halogenated alkanes) is 2. The molecule has 0 radical (unpaired) electrons. The van der Waals surface area contributed by atoms with Crippen LogP contribution in [0.1, 0.15) is 32.6 Å². The van der Waals surface area contributed by atoms with Gasteiger partial charge in [-0.2, -0.15) is 13.2 Å². The van der Waals surface area contributed by atoms with Crippen LogP contribution >= 0.6 is 11.6 Å². The fraction of sp³-hybridized carbons (Fsp3) is 0.889. The van der Waals surface area contributed by atoms with Gasteiger partial charge in [0.2, 0.25) is 0 Å². The molecule has 0 fully saturated rings. The lowest BCUT2D eigenvalue weighted by Crippen LogP contribution is -2.34. The number of rotatable bonds is 6. The average Bonchev–Trinajstić information content (AvgIpc) is 2.14. The summed E-state index contributed by atoms with van der Waals surface area (Å²) in [5.74, 6) is -1.59. The maximum absolute atomic E-state index is 12.3. The smallest absolute Gasteiger partial charge is 0.425 e. The monoisotopic (exact) mass is 246 g/mol. The van der Waals surface area contributed by atoms with Gasteiger partial charge in [-0.25, -0.2) is 0 Å². The third-order valence-electron chi connectivity index (χ3n) is 1.82. The summed E-state index contributed by atoms with van der Waals surface area (Å²) in [5.41, 5.74) is 0. The molecule has 0 aromatic carbocycles. The first kappa shape index (κ1) is 14.6. The van der Waals surface area contributed by atoms with Crippen molar-refractivity contribution in [1.82, 2.24) is 0 Å². The van der Waals surface area contributed by atoms with Crippen LogP contribution in [-0.4, -0.2) is 24.1 Å². The van der Waals surface area contributed by atoms with Gasteiger partial charge >= 0.3 is 12.1 Å². The maximum Gasteiger partial charge on any atom is 0.425 e. The fourth-order valence-corrected chi connectivity index (χ4v) is 1.12. The molecule has 0 heterocycles. The number of halogens is 4. The molecule has 2 nitrogen and oxygen atoms in total. The van der Waals surface area contributed by atoms with Crippen molar-refractivity contribution in [3.8, 4) is 0 Å². The van der Waals surface area contributed by atoms with E-state index in [9.17, 15) is 18.0 Å². The third-order valence-corrected chi connectivity index (χ3v) is 2.04. The third kappa shape index (κ3) is 6.60. The lowest BCUT2D eigenvalue weighted by molar-refractivity contribution is -0.221. The molecule has 90 valence electrons. The molecule has 0 aliphatic carbocycles. The van der Waals surface area contributed by atoms with Crippen LogP contribution in [-0.2, 0) is 9.53 Å². The minimum absolute atomic E-state index is 0.194. The van der Waals surface area contributed by atoms with Gasteiger partial charge in [-0.05, 0) is 12.8 Å². The summed E-state index contributed by atoms with van der Waals surface area (Å²) >= 11 is 5.07. The van der Waals surface area contributed by atoms with Gasteiger partial charge in [-0.15, -0.1) is 11.6 Å². The predicted octanol–water partition coefficient (Wildman–Crippen LogP) is 3.28. The van der Waals surface area contributed by atoms with Crippen LogP contribution < -0.4 is 0 Å². The Morgan fingerprint density at radius 3 is 2.40 bits per heavy atom. The van der Waals surface area contributed by atoms with Gasteiger partial charge in [0.25, 0.3) is 0 Å². The van der Waals surface area contributed by atoms with Gasteiger partial charge in [0.1, 0.15) is 5.88 Å².